The fraction of sp³-hybridized carbons (Fsp3) is 0.136. The summed E-state index contributed by atoms with van der Waals surface area (Å²) in [5.74, 6) is -0.418. The molecule has 0 aliphatic rings. The van der Waals surface area contributed by atoms with Crippen molar-refractivity contribution in [2.45, 2.75) is 25.2 Å². The smallest absolute Gasteiger partial charge is 0.263 e. The van der Waals surface area contributed by atoms with Gasteiger partial charge in [0.2, 0.25) is 0 Å². The Hall–Kier alpha value is -2.83. The molecule has 150 valence electrons. The van der Waals surface area contributed by atoms with Gasteiger partial charge in [-0.15, -0.1) is 0 Å². The molecule has 0 spiro atoms. The molecule has 0 bridgehead atoms. The van der Waals surface area contributed by atoms with Crippen LogP contribution in [-0.2, 0) is 16.4 Å². The molecule has 0 aliphatic carbocycles. The molecule has 3 aromatic rings. The molecule has 0 atom stereocenters. The summed E-state index contributed by atoms with van der Waals surface area (Å²) in [7, 11) is -3.97. The molecule has 0 aromatic heterocycles. The van der Waals surface area contributed by atoms with Gasteiger partial charge in [0, 0.05) is 11.3 Å². The van der Waals surface area contributed by atoms with E-state index in [1.807, 2.05) is 37.3 Å². The van der Waals surface area contributed by atoms with Gasteiger partial charge in [-0.2, -0.15) is 0 Å². The topological polar surface area (TPSA) is 75.3 Å². The van der Waals surface area contributed by atoms with Gasteiger partial charge in [-0.05, 0) is 60.9 Å². The van der Waals surface area contributed by atoms with E-state index < -0.39 is 15.9 Å². The summed E-state index contributed by atoms with van der Waals surface area (Å²) in [6.07, 6.45) is 0.903. The van der Waals surface area contributed by atoms with Gasteiger partial charge in [-0.1, -0.05) is 48.9 Å². The van der Waals surface area contributed by atoms with E-state index in [0.29, 0.717) is 11.4 Å². The minimum atomic E-state index is -3.97. The van der Waals surface area contributed by atoms with Gasteiger partial charge in [0.05, 0.1) is 10.7 Å². The van der Waals surface area contributed by atoms with E-state index in [1.165, 1.54) is 18.2 Å². The number of nitrogens with one attached hydrogen (secondary N) is 2. The second-order valence-electron chi connectivity index (χ2n) is 6.57. The average molecular weight is 429 g/mol. The predicted octanol–water partition coefficient (Wildman–Crippen LogP) is 5.26. The van der Waals surface area contributed by atoms with Crippen LogP contribution in [0.5, 0.6) is 0 Å². The summed E-state index contributed by atoms with van der Waals surface area (Å²) >= 11 is 6.13. The van der Waals surface area contributed by atoms with Crippen LogP contribution in [0.4, 0.5) is 11.4 Å². The number of carbonyl (C=O) groups is 1. The summed E-state index contributed by atoms with van der Waals surface area (Å²) in [4.78, 5) is 12.4. The van der Waals surface area contributed by atoms with Crippen molar-refractivity contribution in [1.29, 1.82) is 0 Å². The molecule has 3 aromatic carbocycles. The van der Waals surface area contributed by atoms with Crippen molar-refractivity contribution in [1.82, 2.24) is 0 Å². The molecule has 29 heavy (non-hydrogen) atoms. The molecule has 0 fully saturated rings. The van der Waals surface area contributed by atoms with E-state index in [-0.39, 0.29) is 15.5 Å². The Labute approximate surface area is 175 Å². The fourth-order valence-corrected chi connectivity index (χ4v) is 4.42. The summed E-state index contributed by atoms with van der Waals surface area (Å²) in [5.41, 5.74) is 3.21. The summed E-state index contributed by atoms with van der Waals surface area (Å²) in [6.45, 7) is 3.85. The Kier molecular flexibility index (Phi) is 6.25. The first-order chi connectivity index (χ1) is 13.8. The fourth-order valence-electron chi connectivity index (χ4n) is 2.76. The lowest BCUT2D eigenvalue weighted by Gasteiger charge is -2.13. The van der Waals surface area contributed by atoms with Gasteiger partial charge in [0.1, 0.15) is 4.90 Å². The first kappa shape index (κ1) is 20.9. The third kappa shape index (κ3) is 4.96. The number of benzene rings is 3. The van der Waals surface area contributed by atoms with E-state index in [1.54, 1.807) is 25.1 Å². The van der Waals surface area contributed by atoms with E-state index in [4.69, 9.17) is 11.6 Å². The van der Waals surface area contributed by atoms with Crippen LogP contribution in [0.3, 0.4) is 0 Å². The molecule has 0 unspecified atom stereocenters. The maximum Gasteiger partial charge on any atom is 0.263 e. The molecule has 0 saturated carbocycles. The van der Waals surface area contributed by atoms with E-state index >= 15 is 0 Å². The average Bonchev–Trinajstić information content (AvgIpc) is 2.70. The molecule has 0 aliphatic heterocycles. The molecule has 5 nitrogen and oxygen atoms in total. The number of sulfonamides is 1. The molecule has 2 N–H and O–H groups in total. The normalized spacial score (nSPS) is 11.1. The Morgan fingerprint density at radius 3 is 2.34 bits per heavy atom. The zero-order valence-corrected chi connectivity index (χ0v) is 17.6. The second-order valence-corrected chi connectivity index (χ2v) is 8.63. The molecular formula is C22H21ClN2O3S. The largest absolute Gasteiger partial charge is 0.322 e. The van der Waals surface area contributed by atoms with Gasteiger partial charge in [0.15, 0.2) is 0 Å². The number of rotatable bonds is 6. The minimum Gasteiger partial charge on any atom is -0.322 e. The molecule has 7 heteroatoms. The Morgan fingerprint density at radius 2 is 1.69 bits per heavy atom. The highest BCUT2D eigenvalue weighted by atomic mass is 35.5. The van der Waals surface area contributed by atoms with Crippen molar-refractivity contribution in [2.75, 3.05) is 10.0 Å². The van der Waals surface area contributed by atoms with Crippen molar-refractivity contribution in [2.24, 2.45) is 0 Å². The van der Waals surface area contributed by atoms with Crippen molar-refractivity contribution in [3.8, 4) is 0 Å². The standard InChI is InChI=1S/C22H21ClN2O3S/c1-3-16-8-11-18(12-9-16)24-22(26)17-10-13-19(23)21(14-17)29(27,28)25-20-7-5-4-6-15(20)2/h4-14,25H,3H2,1-2H3,(H,24,26). The van der Waals surface area contributed by atoms with Crippen LogP contribution < -0.4 is 10.0 Å². The Balaban J connectivity index is 1.86. The van der Waals surface area contributed by atoms with Crippen molar-refractivity contribution in [3.05, 3.63) is 88.4 Å². The molecule has 0 radical (unpaired) electrons. The van der Waals surface area contributed by atoms with Crippen LogP contribution in [0.1, 0.15) is 28.4 Å². The predicted molar refractivity (Wildman–Crippen MR) is 117 cm³/mol. The van der Waals surface area contributed by atoms with E-state index in [9.17, 15) is 13.2 Å². The summed E-state index contributed by atoms with van der Waals surface area (Å²) in [5, 5.41) is 2.81. The Morgan fingerprint density at radius 1 is 1.00 bits per heavy atom. The number of anilines is 2. The van der Waals surface area contributed by atoms with Crippen molar-refractivity contribution in [3.63, 3.8) is 0 Å². The highest BCUT2D eigenvalue weighted by Gasteiger charge is 2.21. The van der Waals surface area contributed by atoms with Crippen LogP contribution in [-0.4, -0.2) is 14.3 Å². The molecule has 0 saturated heterocycles. The summed E-state index contributed by atoms with van der Waals surface area (Å²) < 4.78 is 28.2. The third-order valence-electron chi connectivity index (χ3n) is 4.49. The van der Waals surface area contributed by atoms with E-state index in [2.05, 4.69) is 10.0 Å². The van der Waals surface area contributed by atoms with Crippen LogP contribution in [0.15, 0.2) is 71.6 Å². The lowest BCUT2D eigenvalue weighted by Crippen LogP contribution is -2.17. The first-order valence-corrected chi connectivity index (χ1v) is 10.9. The number of amides is 1. The molecule has 3 rings (SSSR count). The highest BCUT2D eigenvalue weighted by molar-refractivity contribution is 7.92. The van der Waals surface area contributed by atoms with Crippen LogP contribution in [0, 0.1) is 6.92 Å². The molecule has 1 amide bonds. The summed E-state index contributed by atoms with van der Waals surface area (Å²) in [6, 6.07) is 18.7. The van der Waals surface area contributed by atoms with Gasteiger partial charge < -0.3 is 5.32 Å². The van der Waals surface area contributed by atoms with Gasteiger partial charge in [-0.3, -0.25) is 9.52 Å². The first-order valence-electron chi connectivity index (χ1n) is 9.08. The number of aryl methyl sites for hydroxylation is 2. The number of halogens is 1. The lowest BCUT2D eigenvalue weighted by molar-refractivity contribution is 0.102. The van der Waals surface area contributed by atoms with Crippen LogP contribution >= 0.6 is 11.6 Å². The van der Waals surface area contributed by atoms with Gasteiger partial charge in [-0.25, -0.2) is 8.42 Å². The van der Waals surface area contributed by atoms with Gasteiger partial charge in [0.25, 0.3) is 15.9 Å². The number of hydrogen-bond donors (Lipinski definition) is 2. The third-order valence-corrected chi connectivity index (χ3v) is 6.34. The molecule has 0 heterocycles. The SMILES string of the molecule is CCc1ccc(NC(=O)c2ccc(Cl)c(S(=O)(=O)Nc3ccccc3C)c2)cc1. The van der Waals surface area contributed by atoms with Crippen molar-refractivity contribution >= 4 is 38.9 Å². The number of carbonyl (C=O) groups excluding carboxylic acids is 1. The number of hydrogen-bond acceptors (Lipinski definition) is 3. The van der Waals surface area contributed by atoms with E-state index in [0.717, 1.165) is 17.5 Å². The number of para-hydroxylation sites is 1. The lowest BCUT2D eigenvalue weighted by atomic mass is 10.1. The quantitative estimate of drug-likeness (QED) is 0.562. The zero-order chi connectivity index (χ0) is 21.0. The maximum atomic E-state index is 12.9. The monoisotopic (exact) mass is 428 g/mol. The minimum absolute atomic E-state index is 0.0370. The highest BCUT2D eigenvalue weighted by Crippen LogP contribution is 2.26. The van der Waals surface area contributed by atoms with Crippen molar-refractivity contribution < 1.29 is 13.2 Å². The maximum absolute atomic E-state index is 12.9. The van der Waals surface area contributed by atoms with Gasteiger partial charge >= 0.3 is 0 Å². The van der Waals surface area contributed by atoms with Crippen LogP contribution in [0.2, 0.25) is 5.02 Å². The molecular weight excluding hydrogens is 408 g/mol. The second kappa shape index (κ2) is 8.68. The zero-order valence-electron chi connectivity index (χ0n) is 16.1. The Bertz CT molecular complexity index is 1140. The van der Waals surface area contributed by atoms with Crippen LogP contribution in [0.25, 0.3) is 0 Å².